The van der Waals surface area contributed by atoms with E-state index in [0.717, 1.165) is 39.3 Å². The molecule has 5 aromatic rings. The molecule has 1 fully saturated rings. The van der Waals surface area contributed by atoms with Crippen molar-refractivity contribution in [2.24, 2.45) is 0 Å². The quantitative estimate of drug-likeness (QED) is 0.357. The zero-order valence-corrected chi connectivity index (χ0v) is 21.9. The van der Waals surface area contributed by atoms with Gasteiger partial charge in [-0.1, -0.05) is 0 Å². The molecule has 1 atom stereocenters. The summed E-state index contributed by atoms with van der Waals surface area (Å²) < 4.78 is 19.0. The Balaban J connectivity index is 1.16. The molecule has 1 amide bonds. The van der Waals surface area contributed by atoms with Crippen LogP contribution in [0.1, 0.15) is 5.56 Å². The average Bonchev–Trinajstić information content (AvgIpc) is 3.45. The largest absolute Gasteiger partial charge is 0.488 e. The number of fused-ring (bicyclic) bond motifs is 6. The molecule has 12 nitrogen and oxygen atoms in total. The first-order valence-electron chi connectivity index (χ1n) is 12.9. The summed E-state index contributed by atoms with van der Waals surface area (Å²) in [7, 11) is 1.41. The van der Waals surface area contributed by atoms with E-state index in [9.17, 15) is 4.79 Å². The molecule has 0 saturated carbocycles. The Kier molecular flexibility index (Phi) is 5.72. The minimum Gasteiger partial charge on any atom is -0.488 e. The summed E-state index contributed by atoms with van der Waals surface area (Å²) >= 11 is 0. The lowest BCUT2D eigenvalue weighted by Gasteiger charge is -2.45. The number of anilines is 3. The van der Waals surface area contributed by atoms with Gasteiger partial charge in [-0.05, 0) is 48.9 Å². The number of benzene rings is 2. The lowest BCUT2D eigenvalue weighted by molar-refractivity contribution is 0.106. The van der Waals surface area contributed by atoms with Gasteiger partial charge in [0, 0.05) is 37.6 Å². The van der Waals surface area contributed by atoms with Crippen LogP contribution < -0.4 is 19.7 Å². The molecule has 7 rings (SSSR count). The normalized spacial score (nSPS) is 16.3. The van der Waals surface area contributed by atoms with Crippen molar-refractivity contribution in [3.63, 3.8) is 0 Å². The number of nitrogens with one attached hydrogen (secondary N) is 1. The van der Waals surface area contributed by atoms with Crippen LogP contribution in [0.15, 0.2) is 61.3 Å². The van der Waals surface area contributed by atoms with Crippen LogP contribution in [0.5, 0.6) is 17.2 Å². The van der Waals surface area contributed by atoms with E-state index in [-0.39, 0.29) is 12.1 Å². The Morgan fingerprint density at radius 1 is 1.07 bits per heavy atom. The molecule has 202 valence electrons. The Morgan fingerprint density at radius 2 is 2.00 bits per heavy atom. The topological polar surface area (TPSA) is 119 Å². The van der Waals surface area contributed by atoms with E-state index in [1.165, 1.54) is 13.4 Å². The van der Waals surface area contributed by atoms with Crippen molar-refractivity contribution in [1.82, 2.24) is 29.5 Å². The molecule has 40 heavy (non-hydrogen) atoms. The molecule has 0 radical (unpaired) electrons. The molecular formula is C28H26N8O4. The van der Waals surface area contributed by atoms with Gasteiger partial charge in [-0.15, -0.1) is 0 Å². The van der Waals surface area contributed by atoms with Gasteiger partial charge in [0.05, 0.1) is 29.7 Å². The predicted molar refractivity (Wildman–Crippen MR) is 148 cm³/mol. The number of aromatic nitrogens is 5. The maximum atomic E-state index is 12.1. The van der Waals surface area contributed by atoms with E-state index >= 15 is 0 Å². The van der Waals surface area contributed by atoms with Gasteiger partial charge in [0.2, 0.25) is 0 Å². The highest BCUT2D eigenvalue weighted by atomic mass is 16.5. The number of methoxy groups -OCH3 is 1. The van der Waals surface area contributed by atoms with Crippen molar-refractivity contribution in [1.29, 1.82) is 0 Å². The van der Waals surface area contributed by atoms with Gasteiger partial charge in [-0.25, -0.2) is 24.3 Å². The second-order valence-corrected chi connectivity index (χ2v) is 9.74. The third-order valence-corrected chi connectivity index (χ3v) is 7.30. The van der Waals surface area contributed by atoms with E-state index in [0.29, 0.717) is 43.5 Å². The highest BCUT2D eigenvalue weighted by molar-refractivity contribution is 6.00. The average molecular weight is 539 g/mol. The monoisotopic (exact) mass is 538 g/mol. The number of nitrogens with zero attached hydrogens (tertiary/aromatic N) is 7. The van der Waals surface area contributed by atoms with Gasteiger partial charge in [0.25, 0.3) is 0 Å². The van der Waals surface area contributed by atoms with E-state index in [1.54, 1.807) is 15.7 Å². The van der Waals surface area contributed by atoms with Gasteiger partial charge in [-0.3, -0.25) is 0 Å². The number of carbonyl (C=O) groups is 1. The third kappa shape index (κ3) is 4.13. The summed E-state index contributed by atoms with van der Waals surface area (Å²) in [4.78, 5) is 29.3. The smallest absolute Gasteiger partial charge is 0.409 e. The molecule has 1 N–H and O–H groups in total. The van der Waals surface area contributed by atoms with Gasteiger partial charge in [0.1, 0.15) is 36.6 Å². The molecule has 1 saturated heterocycles. The first-order valence-corrected chi connectivity index (χ1v) is 12.9. The van der Waals surface area contributed by atoms with Crippen LogP contribution in [0, 0.1) is 6.92 Å². The summed E-state index contributed by atoms with van der Waals surface area (Å²) in [6.07, 6.45) is 4.55. The number of amides is 1. The van der Waals surface area contributed by atoms with Gasteiger partial charge < -0.3 is 29.3 Å². The summed E-state index contributed by atoms with van der Waals surface area (Å²) in [6, 6.07) is 13.6. The van der Waals surface area contributed by atoms with Crippen molar-refractivity contribution in [2.45, 2.75) is 13.0 Å². The van der Waals surface area contributed by atoms with E-state index in [1.807, 2.05) is 55.6 Å². The van der Waals surface area contributed by atoms with Crippen LogP contribution in [-0.2, 0) is 4.74 Å². The van der Waals surface area contributed by atoms with Crippen LogP contribution in [0.3, 0.4) is 0 Å². The minimum absolute atomic E-state index is 0.0412. The Bertz CT molecular complexity index is 1760. The van der Waals surface area contributed by atoms with Crippen LogP contribution in [-0.4, -0.2) is 75.0 Å². The first kappa shape index (κ1) is 23.9. The van der Waals surface area contributed by atoms with Gasteiger partial charge >= 0.3 is 6.09 Å². The molecule has 2 aromatic carbocycles. The summed E-state index contributed by atoms with van der Waals surface area (Å²) in [6.45, 7) is 4.24. The van der Waals surface area contributed by atoms with Gasteiger partial charge in [0.15, 0.2) is 11.4 Å². The van der Waals surface area contributed by atoms with E-state index < -0.39 is 0 Å². The summed E-state index contributed by atoms with van der Waals surface area (Å²) in [5, 5.41) is 8.39. The summed E-state index contributed by atoms with van der Waals surface area (Å²) in [5.74, 6) is 2.81. The molecule has 0 spiro atoms. The van der Waals surface area contributed by atoms with Crippen LogP contribution in [0.4, 0.5) is 22.0 Å². The fourth-order valence-electron chi connectivity index (χ4n) is 5.33. The number of ether oxygens (including phenoxy) is 3. The fraction of sp³-hybridized carbons (Fsp3) is 0.250. The molecule has 0 bridgehead atoms. The van der Waals surface area contributed by atoms with Crippen molar-refractivity contribution in [3.05, 3.63) is 66.9 Å². The van der Waals surface area contributed by atoms with Crippen molar-refractivity contribution >= 4 is 39.8 Å². The highest BCUT2D eigenvalue weighted by Gasteiger charge is 2.36. The second kappa shape index (κ2) is 9.56. The SMILES string of the molecule is COC(=O)N1CCN2c3ccc4ncnc(Nc5ccc(Oc6ccn7ncnc7c6)c(C)c5)c4c3OC[C@H]2C1. The standard InChI is InChI=1S/C28H26N8O4/c1-17-11-18(3-6-23(17)40-20-7-8-36-24(12-20)30-16-32-36)33-27-25-21(29-15-31-27)4-5-22-26(25)39-14-19-13-34(28(37)38-2)9-10-35(19)22/h3-8,11-12,15-16,19H,9-10,13-14H2,1-2H3,(H,29,31,33)/t19-/m1/s1. The van der Waals surface area contributed by atoms with Gasteiger partial charge in [-0.2, -0.15) is 5.10 Å². The second-order valence-electron chi connectivity index (χ2n) is 9.74. The molecule has 12 heteroatoms. The summed E-state index contributed by atoms with van der Waals surface area (Å²) in [5.41, 5.74) is 4.27. The number of aryl methyl sites for hydroxylation is 1. The lowest BCUT2D eigenvalue weighted by Crippen LogP contribution is -2.58. The Labute approximate surface area is 229 Å². The molecule has 2 aliphatic heterocycles. The number of hydrogen-bond acceptors (Lipinski definition) is 10. The van der Waals surface area contributed by atoms with Crippen LogP contribution in [0.2, 0.25) is 0 Å². The highest BCUT2D eigenvalue weighted by Crippen LogP contribution is 2.43. The maximum absolute atomic E-state index is 12.1. The molecule has 5 heterocycles. The Hall–Kier alpha value is -5.13. The van der Waals surface area contributed by atoms with Crippen LogP contribution >= 0.6 is 0 Å². The molecular weight excluding hydrogens is 512 g/mol. The zero-order chi connectivity index (χ0) is 27.2. The number of pyridine rings is 1. The van der Waals surface area contributed by atoms with Crippen molar-refractivity contribution in [2.75, 3.05) is 43.6 Å². The van der Waals surface area contributed by atoms with E-state index in [2.05, 4.69) is 30.3 Å². The lowest BCUT2D eigenvalue weighted by atomic mass is 10.1. The maximum Gasteiger partial charge on any atom is 0.409 e. The fourth-order valence-corrected chi connectivity index (χ4v) is 5.33. The Morgan fingerprint density at radius 3 is 2.88 bits per heavy atom. The first-order chi connectivity index (χ1) is 19.6. The number of carbonyl (C=O) groups excluding carboxylic acids is 1. The molecule has 0 unspecified atom stereocenters. The minimum atomic E-state index is -0.313. The van der Waals surface area contributed by atoms with Crippen molar-refractivity contribution < 1.29 is 19.0 Å². The van der Waals surface area contributed by atoms with Crippen LogP contribution in [0.25, 0.3) is 16.6 Å². The molecule has 0 aliphatic carbocycles. The third-order valence-electron chi connectivity index (χ3n) is 7.30. The number of rotatable bonds is 4. The number of piperazine rings is 1. The predicted octanol–water partition coefficient (Wildman–Crippen LogP) is 4.17. The van der Waals surface area contributed by atoms with Crippen molar-refractivity contribution in [3.8, 4) is 17.2 Å². The molecule has 3 aromatic heterocycles. The zero-order valence-electron chi connectivity index (χ0n) is 21.9. The molecule has 2 aliphatic rings. The number of hydrogen-bond donors (Lipinski definition) is 1. The van der Waals surface area contributed by atoms with E-state index in [4.69, 9.17) is 14.2 Å².